The van der Waals surface area contributed by atoms with Crippen LogP contribution in [0.3, 0.4) is 0 Å². The Morgan fingerprint density at radius 1 is 1.32 bits per heavy atom. The number of rotatable bonds is 6. The molecular weight excluding hydrogens is 326 g/mol. The molecule has 0 amide bonds. The molecule has 2 heterocycles. The van der Waals surface area contributed by atoms with E-state index in [1.54, 1.807) is 6.07 Å². The molecule has 10 heteroatoms. The molecule has 1 fully saturated rings. The van der Waals surface area contributed by atoms with Crippen LogP contribution in [0.4, 0.5) is 11.6 Å². The lowest BCUT2D eigenvalue weighted by Crippen LogP contribution is -2.33. The van der Waals surface area contributed by atoms with Gasteiger partial charge in [-0.1, -0.05) is 6.42 Å². The fraction of sp³-hybridized carbons (Fsp3) is 0.667. The average molecular weight is 355 g/mol. The minimum atomic E-state index is -0.933. The highest BCUT2D eigenvalue weighted by atomic mass is 16.5. The quantitative estimate of drug-likeness (QED) is 0.297. The third-order valence-corrected chi connectivity index (χ3v) is 3.91. The van der Waals surface area contributed by atoms with Crippen molar-refractivity contribution < 1.29 is 15.1 Å². The highest BCUT2D eigenvalue weighted by molar-refractivity contribution is 5.72. The van der Waals surface area contributed by atoms with Gasteiger partial charge in [0.2, 0.25) is 0 Å². The predicted octanol–water partition coefficient (Wildman–Crippen LogP) is -0.300. The molecule has 25 heavy (non-hydrogen) atoms. The van der Waals surface area contributed by atoms with Gasteiger partial charge in [-0.3, -0.25) is 10.2 Å². The molecule has 0 spiro atoms. The lowest BCUT2D eigenvalue weighted by atomic mass is 10.1. The smallest absolute Gasteiger partial charge is 0.320 e. The molecule has 1 aliphatic rings. The summed E-state index contributed by atoms with van der Waals surface area (Å²) in [5.74, 6) is -0.102. The highest BCUT2D eigenvalue weighted by Crippen LogP contribution is 2.17. The third-order valence-electron chi connectivity index (χ3n) is 3.91. The Morgan fingerprint density at radius 3 is 2.48 bits per heavy atom. The Labute approximate surface area is 146 Å². The van der Waals surface area contributed by atoms with Gasteiger partial charge in [0.25, 0.3) is 5.62 Å². The van der Waals surface area contributed by atoms with Crippen molar-refractivity contribution in [3.63, 3.8) is 0 Å². The maximum Gasteiger partial charge on any atom is 0.320 e. The zero-order chi connectivity index (χ0) is 18.8. The predicted molar refractivity (Wildman–Crippen MR) is 94.3 cm³/mol. The summed E-state index contributed by atoms with van der Waals surface area (Å²) in [6, 6.07) is 0.884. The zero-order valence-electron chi connectivity index (χ0n) is 14.4. The minimum absolute atomic E-state index is 0.149. The van der Waals surface area contributed by atoms with E-state index in [0.717, 1.165) is 38.8 Å². The number of aromatic nitrogens is 2. The van der Waals surface area contributed by atoms with Gasteiger partial charge in [-0.2, -0.15) is 4.98 Å². The highest BCUT2D eigenvalue weighted by Gasteiger charge is 2.13. The van der Waals surface area contributed by atoms with Crippen molar-refractivity contribution in [1.82, 2.24) is 9.71 Å². The SMILES string of the molecule is N=c1nc(N2CCCCC2)cc(N)n1O.NCCCC[C@H](N)C(=O)O. The molecule has 2 rings (SSSR count). The van der Waals surface area contributed by atoms with Gasteiger partial charge >= 0.3 is 5.97 Å². The van der Waals surface area contributed by atoms with Crippen LogP contribution in [0.2, 0.25) is 0 Å². The third kappa shape index (κ3) is 6.98. The van der Waals surface area contributed by atoms with Crippen LogP contribution in [0.15, 0.2) is 6.07 Å². The van der Waals surface area contributed by atoms with E-state index in [2.05, 4.69) is 9.88 Å². The van der Waals surface area contributed by atoms with Crippen molar-refractivity contribution in [2.45, 2.75) is 44.6 Å². The van der Waals surface area contributed by atoms with Crippen LogP contribution in [0.1, 0.15) is 38.5 Å². The Morgan fingerprint density at radius 2 is 1.96 bits per heavy atom. The first-order valence-electron chi connectivity index (χ1n) is 8.43. The molecule has 1 aliphatic heterocycles. The summed E-state index contributed by atoms with van der Waals surface area (Å²) in [5.41, 5.74) is 15.7. The number of carbonyl (C=O) groups is 1. The number of nitrogens with one attached hydrogen (secondary N) is 1. The molecular formula is C15H29N7O3. The molecule has 0 saturated carbocycles. The molecule has 1 atom stereocenters. The second-order valence-corrected chi connectivity index (χ2v) is 5.95. The summed E-state index contributed by atoms with van der Waals surface area (Å²) in [4.78, 5) is 16.2. The molecule has 0 unspecified atom stereocenters. The fourth-order valence-electron chi connectivity index (χ4n) is 2.42. The molecule has 1 aromatic heterocycles. The first-order valence-corrected chi connectivity index (χ1v) is 8.43. The number of nitrogens with zero attached hydrogens (tertiary/aromatic N) is 3. The summed E-state index contributed by atoms with van der Waals surface area (Å²) in [7, 11) is 0. The van der Waals surface area contributed by atoms with Crippen LogP contribution < -0.4 is 27.7 Å². The lowest BCUT2D eigenvalue weighted by molar-refractivity contribution is -0.138. The molecule has 0 aromatic carbocycles. The molecule has 0 radical (unpaired) electrons. The maximum atomic E-state index is 10.1. The summed E-state index contributed by atoms with van der Waals surface area (Å²) in [5, 5.41) is 25.0. The maximum absolute atomic E-state index is 10.1. The van der Waals surface area contributed by atoms with Crippen LogP contribution >= 0.6 is 0 Å². The standard InChI is InChI=1S/C9H15N5O.C6H14N2O2/c10-7-6-8(12-9(11)14(7)15)13-4-2-1-3-5-13;7-4-2-1-3-5(8)6(9)10/h6,11,15H,1-5,10H2;5H,1-4,7-8H2,(H,9,10)/t;5-/m.0/s1. The number of hydrogen-bond acceptors (Lipinski definition) is 8. The van der Waals surface area contributed by atoms with Gasteiger partial charge < -0.3 is 32.4 Å². The molecule has 0 aliphatic carbocycles. The van der Waals surface area contributed by atoms with Gasteiger partial charge in [0.05, 0.1) is 0 Å². The first kappa shape index (κ1) is 20.7. The number of anilines is 2. The molecule has 142 valence electrons. The Bertz CT molecular complexity index is 599. The van der Waals surface area contributed by atoms with E-state index in [1.807, 2.05) is 0 Å². The van der Waals surface area contributed by atoms with Crippen LogP contribution in [0, 0.1) is 5.41 Å². The van der Waals surface area contributed by atoms with Gasteiger partial charge in [-0.25, -0.2) is 0 Å². The number of unbranched alkanes of at least 4 members (excludes halogenated alkanes) is 1. The van der Waals surface area contributed by atoms with E-state index in [0.29, 0.717) is 23.5 Å². The molecule has 1 aromatic rings. The molecule has 1 saturated heterocycles. The Hall–Kier alpha value is -2.33. The average Bonchev–Trinajstić information content (AvgIpc) is 2.60. The van der Waals surface area contributed by atoms with Gasteiger partial charge in [0, 0.05) is 19.2 Å². The number of hydrogen-bond donors (Lipinski definition) is 6. The minimum Gasteiger partial charge on any atom is -0.480 e. The molecule has 10 nitrogen and oxygen atoms in total. The van der Waals surface area contributed by atoms with Gasteiger partial charge in [-0.05, 0) is 38.6 Å². The van der Waals surface area contributed by atoms with Crippen LogP contribution in [0.5, 0.6) is 0 Å². The number of piperidine rings is 1. The number of nitrogen functional groups attached to an aromatic ring is 1. The van der Waals surface area contributed by atoms with Crippen LogP contribution in [-0.4, -0.2) is 51.7 Å². The van der Waals surface area contributed by atoms with Crippen molar-refractivity contribution in [2.24, 2.45) is 11.5 Å². The van der Waals surface area contributed by atoms with E-state index in [4.69, 9.17) is 27.7 Å². The summed E-state index contributed by atoms with van der Waals surface area (Å²) in [6.45, 7) is 2.50. The number of carboxylic acid groups (broad SMARTS) is 1. The summed E-state index contributed by atoms with van der Waals surface area (Å²) >= 11 is 0. The topological polar surface area (TPSA) is 180 Å². The fourth-order valence-corrected chi connectivity index (χ4v) is 2.42. The largest absolute Gasteiger partial charge is 0.480 e. The zero-order valence-corrected chi connectivity index (χ0v) is 14.4. The monoisotopic (exact) mass is 355 g/mol. The van der Waals surface area contributed by atoms with E-state index in [9.17, 15) is 10.0 Å². The summed E-state index contributed by atoms with van der Waals surface area (Å²) in [6.07, 6.45) is 5.69. The Balaban J connectivity index is 0.000000275. The van der Waals surface area contributed by atoms with Crippen molar-refractivity contribution in [2.75, 3.05) is 30.3 Å². The van der Waals surface area contributed by atoms with Crippen molar-refractivity contribution >= 4 is 17.6 Å². The second kappa shape index (κ2) is 10.5. The van der Waals surface area contributed by atoms with Crippen LogP contribution in [-0.2, 0) is 4.79 Å². The molecule has 0 bridgehead atoms. The van der Waals surface area contributed by atoms with E-state index in [-0.39, 0.29) is 11.4 Å². The Kier molecular flexibility index (Phi) is 8.71. The van der Waals surface area contributed by atoms with Crippen molar-refractivity contribution in [3.8, 4) is 0 Å². The van der Waals surface area contributed by atoms with Gasteiger partial charge in [0.1, 0.15) is 17.7 Å². The van der Waals surface area contributed by atoms with E-state index >= 15 is 0 Å². The second-order valence-electron chi connectivity index (χ2n) is 5.95. The van der Waals surface area contributed by atoms with Crippen molar-refractivity contribution in [1.29, 1.82) is 5.41 Å². The van der Waals surface area contributed by atoms with E-state index in [1.165, 1.54) is 6.42 Å². The lowest BCUT2D eigenvalue weighted by Gasteiger charge is -2.27. The van der Waals surface area contributed by atoms with Gasteiger partial charge in [-0.15, -0.1) is 4.73 Å². The molecule has 9 N–H and O–H groups in total. The summed E-state index contributed by atoms with van der Waals surface area (Å²) < 4.78 is 0.577. The van der Waals surface area contributed by atoms with Crippen molar-refractivity contribution in [3.05, 3.63) is 11.7 Å². The number of carboxylic acids is 1. The number of aliphatic carboxylic acids is 1. The van der Waals surface area contributed by atoms with Crippen LogP contribution in [0.25, 0.3) is 0 Å². The van der Waals surface area contributed by atoms with Gasteiger partial charge in [0.15, 0.2) is 0 Å². The number of nitrogens with two attached hydrogens (primary N) is 3. The first-order chi connectivity index (χ1) is 11.9. The van der Waals surface area contributed by atoms with E-state index < -0.39 is 12.0 Å². The normalized spacial score (nSPS) is 15.2.